The Bertz CT molecular complexity index is 793. The molecule has 1 saturated heterocycles. The molecule has 2 aliphatic heterocycles. The summed E-state index contributed by atoms with van der Waals surface area (Å²) < 4.78 is 11.1. The number of esters is 1. The first-order valence-corrected chi connectivity index (χ1v) is 10.6. The Balaban J connectivity index is 1.40. The van der Waals surface area contributed by atoms with Crippen molar-refractivity contribution in [2.24, 2.45) is 23.7 Å². The predicted octanol–water partition coefficient (Wildman–Crippen LogP) is 2.34. The monoisotopic (exact) mass is 398 g/mol. The second kappa shape index (κ2) is 8.57. The third-order valence-corrected chi connectivity index (χ3v) is 6.40. The number of rotatable bonds is 4. The minimum absolute atomic E-state index is 0.127. The Hall–Kier alpha value is -2.34. The van der Waals surface area contributed by atoms with Crippen molar-refractivity contribution in [1.82, 2.24) is 9.80 Å². The van der Waals surface area contributed by atoms with Crippen LogP contribution in [0.2, 0.25) is 0 Å². The molecule has 0 radical (unpaired) electrons. The van der Waals surface area contributed by atoms with E-state index in [1.165, 1.54) is 0 Å². The normalized spacial score (nSPS) is 28.8. The van der Waals surface area contributed by atoms with E-state index in [1.54, 1.807) is 0 Å². The predicted molar refractivity (Wildman–Crippen MR) is 109 cm³/mol. The molecule has 4 atom stereocenters. The van der Waals surface area contributed by atoms with E-state index in [9.17, 15) is 9.59 Å². The van der Waals surface area contributed by atoms with Gasteiger partial charge in [0.15, 0.2) is 0 Å². The van der Waals surface area contributed by atoms with Crippen LogP contribution in [0, 0.1) is 23.7 Å². The molecule has 3 aliphatic rings. The number of para-hydroxylation sites is 1. The van der Waals surface area contributed by atoms with Crippen LogP contribution in [0.15, 0.2) is 36.4 Å². The number of benzene rings is 1. The Morgan fingerprint density at radius 3 is 2.86 bits per heavy atom. The average molecular weight is 399 g/mol. The average Bonchev–Trinajstić information content (AvgIpc) is 3.02. The number of carbonyl (C=O) groups is 2. The van der Waals surface area contributed by atoms with Gasteiger partial charge in [-0.05, 0) is 30.7 Å². The molecule has 0 spiro atoms. The van der Waals surface area contributed by atoms with Crippen molar-refractivity contribution in [3.05, 3.63) is 42.0 Å². The van der Waals surface area contributed by atoms with E-state index in [4.69, 9.17) is 9.47 Å². The lowest BCUT2D eigenvalue weighted by Crippen LogP contribution is -2.41. The van der Waals surface area contributed by atoms with E-state index < -0.39 is 0 Å². The maximum atomic E-state index is 13.1. The van der Waals surface area contributed by atoms with Crippen molar-refractivity contribution in [2.75, 3.05) is 39.4 Å². The quantitative estimate of drug-likeness (QED) is 0.576. The highest BCUT2D eigenvalue weighted by molar-refractivity contribution is 5.79. The molecule has 6 nitrogen and oxygen atoms in total. The van der Waals surface area contributed by atoms with Crippen LogP contribution in [0.25, 0.3) is 0 Å². The molecule has 29 heavy (non-hydrogen) atoms. The first-order chi connectivity index (χ1) is 14.1. The molecule has 0 N–H and O–H groups in total. The summed E-state index contributed by atoms with van der Waals surface area (Å²) in [4.78, 5) is 29.7. The summed E-state index contributed by atoms with van der Waals surface area (Å²) in [5, 5.41) is 0. The van der Waals surface area contributed by atoms with Crippen LogP contribution in [0.1, 0.15) is 19.4 Å². The second-order valence-electron chi connectivity index (χ2n) is 8.32. The van der Waals surface area contributed by atoms with Gasteiger partial charge in [-0.25, -0.2) is 0 Å². The van der Waals surface area contributed by atoms with Crippen LogP contribution in [0.4, 0.5) is 0 Å². The van der Waals surface area contributed by atoms with Crippen LogP contribution >= 0.6 is 0 Å². The molecule has 1 amide bonds. The lowest BCUT2D eigenvalue weighted by Gasteiger charge is -2.31. The van der Waals surface area contributed by atoms with Crippen LogP contribution in [-0.2, 0) is 20.9 Å². The van der Waals surface area contributed by atoms with Crippen molar-refractivity contribution >= 4 is 11.9 Å². The van der Waals surface area contributed by atoms with E-state index in [-0.39, 0.29) is 35.5 Å². The van der Waals surface area contributed by atoms with Gasteiger partial charge in [-0.2, -0.15) is 0 Å². The molecule has 0 unspecified atom stereocenters. The number of nitrogens with zero attached hydrogens (tertiary/aromatic N) is 2. The maximum absolute atomic E-state index is 13.1. The Morgan fingerprint density at radius 2 is 2.03 bits per heavy atom. The highest BCUT2D eigenvalue weighted by atomic mass is 16.5. The van der Waals surface area contributed by atoms with Crippen LogP contribution in [0.3, 0.4) is 0 Å². The van der Waals surface area contributed by atoms with E-state index in [1.807, 2.05) is 30.0 Å². The highest BCUT2D eigenvalue weighted by Crippen LogP contribution is 2.40. The Morgan fingerprint density at radius 1 is 1.21 bits per heavy atom. The maximum Gasteiger partial charge on any atom is 0.309 e. The van der Waals surface area contributed by atoms with Gasteiger partial charge in [0, 0.05) is 31.7 Å². The van der Waals surface area contributed by atoms with Gasteiger partial charge in [0.1, 0.15) is 12.4 Å². The molecular formula is C23H30N2O4. The second-order valence-corrected chi connectivity index (χ2v) is 8.32. The summed E-state index contributed by atoms with van der Waals surface area (Å²) in [5.41, 5.74) is 1.12. The fraction of sp³-hybridized carbons (Fsp3) is 0.565. The zero-order chi connectivity index (χ0) is 20.4. The molecular weight excluding hydrogens is 368 g/mol. The van der Waals surface area contributed by atoms with Gasteiger partial charge < -0.3 is 14.4 Å². The molecule has 156 valence electrons. The number of carbonyl (C=O) groups excluding carboxylic acids is 2. The van der Waals surface area contributed by atoms with Gasteiger partial charge in [0.25, 0.3) is 0 Å². The summed E-state index contributed by atoms with van der Waals surface area (Å²) in [6.07, 6.45) is 4.30. The third kappa shape index (κ3) is 4.17. The molecule has 0 saturated carbocycles. The molecule has 4 rings (SSSR count). The number of allylic oxidation sites excluding steroid dienone is 1. The van der Waals surface area contributed by atoms with Crippen LogP contribution in [0.5, 0.6) is 5.75 Å². The first-order valence-electron chi connectivity index (χ1n) is 10.6. The highest BCUT2D eigenvalue weighted by Gasteiger charge is 2.46. The molecule has 0 bridgehead atoms. The summed E-state index contributed by atoms with van der Waals surface area (Å²) in [6.45, 7) is 8.01. The van der Waals surface area contributed by atoms with Crippen molar-refractivity contribution in [3.8, 4) is 5.75 Å². The minimum atomic E-state index is -0.166. The lowest BCUT2D eigenvalue weighted by molar-refractivity contribution is -0.152. The SMILES string of the molecule is CCOC(=O)[C@H]1[C@@H]2CN(C(=O)CN3CCOc4ccccc4C3)C[C@@H]2C=C[C@@H]1C. The fourth-order valence-electron chi connectivity index (χ4n) is 4.90. The zero-order valence-corrected chi connectivity index (χ0v) is 17.3. The molecule has 0 aromatic heterocycles. The number of hydrogen-bond donors (Lipinski definition) is 0. The van der Waals surface area contributed by atoms with Gasteiger partial charge in [-0.15, -0.1) is 0 Å². The van der Waals surface area contributed by atoms with Gasteiger partial charge >= 0.3 is 5.97 Å². The van der Waals surface area contributed by atoms with Gasteiger partial charge in [0.2, 0.25) is 5.91 Å². The fourth-order valence-corrected chi connectivity index (χ4v) is 4.90. The number of likely N-dealkylation sites (tertiary alicyclic amines) is 1. The number of fused-ring (bicyclic) bond motifs is 2. The smallest absolute Gasteiger partial charge is 0.309 e. The lowest BCUT2D eigenvalue weighted by atomic mass is 9.72. The first kappa shape index (κ1) is 20.0. The van der Waals surface area contributed by atoms with Crippen molar-refractivity contribution in [1.29, 1.82) is 0 Å². The van der Waals surface area contributed by atoms with Gasteiger partial charge in [0.05, 0.1) is 19.1 Å². The summed E-state index contributed by atoms with van der Waals surface area (Å²) in [6, 6.07) is 8.01. The van der Waals surface area contributed by atoms with Crippen molar-refractivity contribution < 1.29 is 19.1 Å². The number of amides is 1. The zero-order valence-electron chi connectivity index (χ0n) is 17.3. The Kier molecular flexibility index (Phi) is 5.90. The van der Waals surface area contributed by atoms with Gasteiger partial charge in [-0.3, -0.25) is 14.5 Å². The molecule has 1 aromatic rings. The van der Waals surface area contributed by atoms with E-state index in [2.05, 4.69) is 30.0 Å². The summed E-state index contributed by atoms with van der Waals surface area (Å²) in [5.74, 6) is 1.26. The number of hydrogen-bond acceptors (Lipinski definition) is 5. The summed E-state index contributed by atoms with van der Waals surface area (Å²) >= 11 is 0. The molecule has 2 heterocycles. The van der Waals surface area contributed by atoms with Crippen molar-refractivity contribution in [3.63, 3.8) is 0 Å². The van der Waals surface area contributed by atoms with Crippen molar-refractivity contribution in [2.45, 2.75) is 20.4 Å². The van der Waals surface area contributed by atoms with E-state index >= 15 is 0 Å². The third-order valence-electron chi connectivity index (χ3n) is 6.40. The number of ether oxygens (including phenoxy) is 2. The Labute approximate surface area is 172 Å². The molecule has 6 heteroatoms. The van der Waals surface area contributed by atoms with E-state index in [0.29, 0.717) is 39.4 Å². The molecule has 1 fully saturated rings. The van der Waals surface area contributed by atoms with Gasteiger partial charge in [-0.1, -0.05) is 37.3 Å². The topological polar surface area (TPSA) is 59.1 Å². The standard InChI is InChI=1S/C23H30N2O4/c1-3-28-23(27)22-16(2)8-9-17-13-25(14-19(17)22)21(26)15-24-10-11-29-20-7-5-4-6-18(20)12-24/h4-9,16-17,19,22H,3,10-15H2,1-2H3/t16-,17-,19+,22+/m0/s1. The largest absolute Gasteiger partial charge is 0.492 e. The van der Waals surface area contributed by atoms with Crippen LogP contribution in [-0.4, -0.2) is 61.1 Å². The van der Waals surface area contributed by atoms with E-state index in [0.717, 1.165) is 17.9 Å². The molecule has 1 aromatic carbocycles. The minimum Gasteiger partial charge on any atom is -0.492 e. The van der Waals surface area contributed by atoms with Crippen LogP contribution < -0.4 is 4.74 Å². The summed E-state index contributed by atoms with van der Waals surface area (Å²) in [7, 11) is 0. The molecule has 1 aliphatic carbocycles.